The van der Waals surface area contributed by atoms with Crippen molar-refractivity contribution in [1.29, 1.82) is 0 Å². The fourth-order valence-corrected chi connectivity index (χ4v) is 2.00. The number of halogens is 2. The zero-order valence-electron chi connectivity index (χ0n) is 11.0. The summed E-state index contributed by atoms with van der Waals surface area (Å²) in [5.41, 5.74) is 7.28. The average molecular weight is 286 g/mol. The lowest BCUT2D eigenvalue weighted by atomic mass is 10.2. The van der Waals surface area contributed by atoms with Crippen molar-refractivity contribution in [2.24, 2.45) is 0 Å². The van der Waals surface area contributed by atoms with Crippen molar-refractivity contribution in [3.63, 3.8) is 0 Å². The van der Waals surface area contributed by atoms with Crippen LogP contribution in [-0.4, -0.2) is 4.98 Å². The lowest BCUT2D eigenvalue weighted by Crippen LogP contribution is -1.99. The van der Waals surface area contributed by atoms with Crippen LogP contribution in [-0.2, 0) is 6.61 Å². The number of anilines is 1. The zero-order valence-corrected chi connectivity index (χ0v) is 11.0. The van der Waals surface area contributed by atoms with Crippen LogP contribution in [0.2, 0.25) is 0 Å². The Morgan fingerprint density at radius 1 is 1.00 bits per heavy atom. The van der Waals surface area contributed by atoms with Gasteiger partial charge in [-0.25, -0.2) is 13.8 Å². The van der Waals surface area contributed by atoms with E-state index in [9.17, 15) is 8.78 Å². The summed E-state index contributed by atoms with van der Waals surface area (Å²) in [5.74, 6) is -1.17. The first-order valence-corrected chi connectivity index (χ1v) is 6.35. The fraction of sp³-hybridized carbons (Fsp3) is 0.0625. The van der Waals surface area contributed by atoms with Crippen LogP contribution < -0.4 is 10.5 Å². The Bertz CT molecular complexity index is 805. The number of hydrogen-bond donors (Lipinski definition) is 1. The predicted molar refractivity (Wildman–Crippen MR) is 76.8 cm³/mol. The van der Waals surface area contributed by atoms with Gasteiger partial charge >= 0.3 is 0 Å². The summed E-state index contributed by atoms with van der Waals surface area (Å²) < 4.78 is 31.9. The highest BCUT2D eigenvalue weighted by molar-refractivity contribution is 5.78. The first-order chi connectivity index (χ1) is 10.1. The second kappa shape index (κ2) is 5.36. The van der Waals surface area contributed by atoms with Crippen molar-refractivity contribution in [2.45, 2.75) is 6.61 Å². The number of rotatable bonds is 3. The molecule has 0 spiro atoms. The number of benzene rings is 2. The smallest absolute Gasteiger partial charge is 0.161 e. The summed E-state index contributed by atoms with van der Waals surface area (Å²) in [6.45, 7) is 0.221. The van der Waals surface area contributed by atoms with Crippen LogP contribution in [0, 0.1) is 11.6 Å². The van der Waals surface area contributed by atoms with Crippen LogP contribution in [0.5, 0.6) is 5.75 Å². The van der Waals surface area contributed by atoms with Gasteiger partial charge in [-0.15, -0.1) is 0 Å². The molecule has 0 aliphatic heterocycles. The second-order valence-electron chi connectivity index (χ2n) is 4.62. The van der Waals surface area contributed by atoms with Gasteiger partial charge in [0, 0.05) is 23.2 Å². The third-order valence-corrected chi connectivity index (χ3v) is 3.03. The SMILES string of the molecule is Nc1cccc(OCc2ccc3cc(F)c(F)cc3n2)c1. The van der Waals surface area contributed by atoms with Gasteiger partial charge in [0.15, 0.2) is 11.6 Å². The number of fused-ring (bicyclic) bond motifs is 1. The summed E-state index contributed by atoms with van der Waals surface area (Å²) >= 11 is 0. The minimum atomic E-state index is -0.913. The Labute approximate surface area is 120 Å². The summed E-state index contributed by atoms with van der Waals surface area (Å²) in [5, 5.41) is 0.543. The summed E-state index contributed by atoms with van der Waals surface area (Å²) in [7, 11) is 0. The molecule has 0 fully saturated rings. The number of nitrogens with two attached hydrogens (primary N) is 1. The predicted octanol–water partition coefficient (Wildman–Crippen LogP) is 3.67. The van der Waals surface area contributed by atoms with E-state index in [-0.39, 0.29) is 6.61 Å². The molecular weight excluding hydrogens is 274 g/mol. The molecule has 0 bridgehead atoms. The Kier molecular flexibility index (Phi) is 3.39. The van der Waals surface area contributed by atoms with E-state index in [0.717, 1.165) is 12.1 Å². The molecule has 0 amide bonds. The molecule has 3 aromatic rings. The maximum Gasteiger partial charge on any atom is 0.161 e. The lowest BCUT2D eigenvalue weighted by Gasteiger charge is -2.07. The molecule has 0 aliphatic carbocycles. The Morgan fingerprint density at radius 3 is 2.62 bits per heavy atom. The van der Waals surface area contributed by atoms with E-state index in [1.807, 2.05) is 0 Å². The Hall–Kier alpha value is -2.69. The molecule has 5 heteroatoms. The van der Waals surface area contributed by atoms with Gasteiger partial charge in [0.1, 0.15) is 12.4 Å². The van der Waals surface area contributed by atoms with Crippen LogP contribution in [0.4, 0.5) is 14.5 Å². The third-order valence-electron chi connectivity index (χ3n) is 3.03. The molecular formula is C16H12F2N2O. The van der Waals surface area contributed by atoms with E-state index in [1.165, 1.54) is 0 Å². The Morgan fingerprint density at radius 2 is 1.81 bits per heavy atom. The van der Waals surface area contributed by atoms with Gasteiger partial charge in [-0.2, -0.15) is 0 Å². The molecule has 0 aliphatic rings. The molecule has 0 unspecified atom stereocenters. The normalized spacial score (nSPS) is 10.8. The van der Waals surface area contributed by atoms with E-state index >= 15 is 0 Å². The third kappa shape index (κ3) is 2.91. The highest BCUT2D eigenvalue weighted by atomic mass is 19.2. The molecule has 0 saturated heterocycles. The van der Waals surface area contributed by atoms with Crippen molar-refractivity contribution in [1.82, 2.24) is 4.98 Å². The van der Waals surface area contributed by atoms with Crippen LogP contribution in [0.15, 0.2) is 48.5 Å². The lowest BCUT2D eigenvalue weighted by molar-refractivity contribution is 0.302. The summed E-state index contributed by atoms with van der Waals surface area (Å²) in [6.07, 6.45) is 0. The molecule has 1 aromatic heterocycles. The first-order valence-electron chi connectivity index (χ1n) is 6.35. The van der Waals surface area contributed by atoms with Crippen molar-refractivity contribution >= 4 is 16.6 Å². The van der Waals surface area contributed by atoms with E-state index in [4.69, 9.17) is 10.5 Å². The maximum absolute atomic E-state index is 13.2. The number of hydrogen-bond acceptors (Lipinski definition) is 3. The van der Waals surface area contributed by atoms with Crippen LogP contribution >= 0.6 is 0 Å². The largest absolute Gasteiger partial charge is 0.487 e. The van der Waals surface area contributed by atoms with E-state index in [0.29, 0.717) is 28.0 Å². The molecule has 0 saturated carbocycles. The molecule has 106 valence electrons. The minimum Gasteiger partial charge on any atom is -0.487 e. The van der Waals surface area contributed by atoms with Gasteiger partial charge in [-0.05, 0) is 24.3 Å². The number of aromatic nitrogens is 1. The number of nitrogen functional groups attached to an aromatic ring is 1. The molecule has 0 radical (unpaired) electrons. The number of ether oxygens (including phenoxy) is 1. The van der Waals surface area contributed by atoms with Crippen molar-refractivity contribution in [3.8, 4) is 5.75 Å². The summed E-state index contributed by atoms with van der Waals surface area (Å²) in [6, 6.07) is 12.6. The van der Waals surface area contributed by atoms with Gasteiger partial charge in [0.05, 0.1) is 11.2 Å². The Balaban J connectivity index is 1.83. The van der Waals surface area contributed by atoms with Crippen LogP contribution in [0.25, 0.3) is 10.9 Å². The van der Waals surface area contributed by atoms with E-state index < -0.39 is 11.6 Å². The van der Waals surface area contributed by atoms with Gasteiger partial charge in [-0.3, -0.25) is 0 Å². The highest BCUT2D eigenvalue weighted by Gasteiger charge is 2.06. The van der Waals surface area contributed by atoms with Crippen LogP contribution in [0.3, 0.4) is 0 Å². The van der Waals surface area contributed by atoms with Crippen molar-refractivity contribution in [3.05, 3.63) is 65.9 Å². The molecule has 3 nitrogen and oxygen atoms in total. The van der Waals surface area contributed by atoms with Gasteiger partial charge in [0.25, 0.3) is 0 Å². The van der Waals surface area contributed by atoms with Gasteiger partial charge in [0.2, 0.25) is 0 Å². The van der Waals surface area contributed by atoms with Crippen molar-refractivity contribution < 1.29 is 13.5 Å². The fourth-order valence-electron chi connectivity index (χ4n) is 2.00. The van der Waals surface area contributed by atoms with E-state index in [2.05, 4.69) is 4.98 Å². The second-order valence-corrected chi connectivity index (χ2v) is 4.62. The quantitative estimate of drug-likeness (QED) is 0.747. The van der Waals surface area contributed by atoms with Gasteiger partial charge < -0.3 is 10.5 Å². The van der Waals surface area contributed by atoms with Gasteiger partial charge in [-0.1, -0.05) is 12.1 Å². The topological polar surface area (TPSA) is 48.1 Å². The van der Waals surface area contributed by atoms with Crippen LogP contribution in [0.1, 0.15) is 5.69 Å². The molecule has 1 heterocycles. The highest BCUT2D eigenvalue weighted by Crippen LogP contribution is 2.19. The minimum absolute atomic E-state index is 0.221. The number of pyridine rings is 1. The zero-order chi connectivity index (χ0) is 14.8. The molecule has 3 rings (SSSR count). The maximum atomic E-state index is 13.2. The van der Waals surface area contributed by atoms with E-state index in [1.54, 1.807) is 36.4 Å². The molecule has 21 heavy (non-hydrogen) atoms. The summed E-state index contributed by atoms with van der Waals surface area (Å²) in [4.78, 5) is 4.25. The molecule has 0 atom stereocenters. The average Bonchev–Trinajstić information content (AvgIpc) is 2.46. The standard InChI is InChI=1S/C16H12F2N2O/c17-14-6-10-4-5-12(20-16(10)8-15(14)18)9-21-13-3-1-2-11(19)7-13/h1-8H,9,19H2. The number of nitrogens with zero attached hydrogens (tertiary/aromatic N) is 1. The molecule has 2 N–H and O–H groups in total. The molecule has 2 aromatic carbocycles. The van der Waals surface area contributed by atoms with Crippen molar-refractivity contribution in [2.75, 3.05) is 5.73 Å². The monoisotopic (exact) mass is 286 g/mol. The first kappa shape index (κ1) is 13.3.